The van der Waals surface area contributed by atoms with Gasteiger partial charge in [0, 0.05) is 27.8 Å². The Morgan fingerprint density at radius 2 is 2.26 bits per heavy atom. The van der Waals surface area contributed by atoms with Gasteiger partial charge in [0.2, 0.25) is 0 Å². The van der Waals surface area contributed by atoms with Crippen molar-refractivity contribution in [1.82, 2.24) is 9.97 Å². The Bertz CT molecular complexity index is 700. The molecule has 2 aromatic rings. The van der Waals surface area contributed by atoms with Crippen LogP contribution in [0.2, 0.25) is 5.02 Å². The fraction of sp³-hybridized carbons (Fsp3) is 0.231. The first-order chi connectivity index (χ1) is 9.19. The maximum absolute atomic E-state index is 5.97. The van der Waals surface area contributed by atoms with Crippen LogP contribution in [0.3, 0.4) is 0 Å². The fourth-order valence-corrected chi connectivity index (χ4v) is 3.67. The first-order valence-corrected chi connectivity index (χ1v) is 7.67. The van der Waals surface area contributed by atoms with Gasteiger partial charge in [-0.2, -0.15) is 11.8 Å². The lowest BCUT2D eigenvalue weighted by molar-refractivity contribution is 0.416. The van der Waals surface area contributed by atoms with Gasteiger partial charge < -0.3 is 9.72 Å². The molecule has 0 amide bonds. The molecule has 1 N–H and O–H groups in total. The number of benzene rings is 1. The summed E-state index contributed by atoms with van der Waals surface area (Å²) in [5.41, 5.74) is 3.19. The Hall–Kier alpha value is -1.04. The van der Waals surface area contributed by atoms with Gasteiger partial charge in [-0.25, -0.2) is 4.98 Å². The molecule has 3 rings (SSSR count). The summed E-state index contributed by atoms with van der Waals surface area (Å²) in [6.45, 7) is 0. The molecule has 0 fully saturated rings. The maximum atomic E-state index is 5.97. The molecule has 0 saturated heterocycles. The lowest BCUT2D eigenvalue weighted by Gasteiger charge is -2.10. The third-order valence-corrected chi connectivity index (χ3v) is 4.57. The molecule has 1 aliphatic heterocycles. The van der Waals surface area contributed by atoms with Gasteiger partial charge in [0.05, 0.1) is 12.7 Å². The molecule has 6 heteroatoms. The third kappa shape index (κ3) is 2.38. The van der Waals surface area contributed by atoms with Crippen LogP contribution in [-0.4, -0.2) is 17.1 Å². The average molecular weight is 311 g/mol. The molecule has 19 heavy (non-hydrogen) atoms. The number of methoxy groups -OCH3 is 1. The molecule has 98 valence electrons. The zero-order valence-corrected chi connectivity index (χ0v) is 12.6. The zero-order chi connectivity index (χ0) is 13.4. The number of nitrogens with zero attached hydrogens (tertiary/aromatic N) is 1. The number of H-pyrrole nitrogens is 1. The predicted molar refractivity (Wildman–Crippen MR) is 81.4 cm³/mol. The lowest BCUT2D eigenvalue weighted by Crippen LogP contribution is -1.98. The van der Waals surface area contributed by atoms with Gasteiger partial charge in [0.15, 0.2) is 0 Å². The number of hydrogen-bond donors (Lipinski definition) is 1. The quantitative estimate of drug-likeness (QED) is 0.843. The van der Waals surface area contributed by atoms with E-state index in [2.05, 4.69) is 9.97 Å². The smallest absolute Gasteiger partial charge is 0.142 e. The molecule has 1 aromatic carbocycles. The summed E-state index contributed by atoms with van der Waals surface area (Å²) < 4.78 is 6.03. The molecular weight excluding hydrogens is 300 g/mol. The van der Waals surface area contributed by atoms with E-state index in [4.69, 9.17) is 28.6 Å². The Kier molecular flexibility index (Phi) is 3.52. The SMILES string of the molecule is COc1cc(Cl)ccc1-c1nc(=S)c2c([nH]1)CSC2. The molecule has 0 radical (unpaired) electrons. The van der Waals surface area contributed by atoms with Crippen molar-refractivity contribution in [1.29, 1.82) is 0 Å². The highest BCUT2D eigenvalue weighted by Gasteiger charge is 2.17. The number of fused-ring (bicyclic) bond motifs is 1. The van der Waals surface area contributed by atoms with Crippen LogP contribution in [0.15, 0.2) is 18.2 Å². The number of rotatable bonds is 2. The van der Waals surface area contributed by atoms with Crippen LogP contribution in [0.1, 0.15) is 11.3 Å². The second-order valence-electron chi connectivity index (χ2n) is 4.19. The molecule has 0 bridgehead atoms. The Balaban J connectivity index is 2.18. The van der Waals surface area contributed by atoms with Crippen LogP contribution in [0.5, 0.6) is 5.75 Å². The minimum absolute atomic E-state index is 0.635. The monoisotopic (exact) mass is 310 g/mol. The number of aromatic amines is 1. The lowest BCUT2D eigenvalue weighted by atomic mass is 10.1. The molecule has 2 heterocycles. The molecular formula is C13H11ClN2OS2. The van der Waals surface area contributed by atoms with Gasteiger partial charge in [-0.15, -0.1) is 0 Å². The van der Waals surface area contributed by atoms with Crippen LogP contribution in [0.25, 0.3) is 11.4 Å². The van der Waals surface area contributed by atoms with Gasteiger partial charge in [-0.3, -0.25) is 0 Å². The predicted octanol–water partition coefficient (Wildman–Crippen LogP) is 4.21. The number of halogens is 1. The van der Waals surface area contributed by atoms with Crippen molar-refractivity contribution < 1.29 is 4.74 Å². The minimum atomic E-state index is 0.635. The largest absolute Gasteiger partial charge is 0.496 e. The summed E-state index contributed by atoms with van der Waals surface area (Å²) in [6.07, 6.45) is 0. The van der Waals surface area contributed by atoms with Crippen LogP contribution < -0.4 is 4.74 Å². The van der Waals surface area contributed by atoms with E-state index in [0.717, 1.165) is 34.2 Å². The van der Waals surface area contributed by atoms with Crippen molar-refractivity contribution in [2.45, 2.75) is 11.5 Å². The summed E-state index contributed by atoms with van der Waals surface area (Å²) in [6, 6.07) is 5.49. The Morgan fingerprint density at radius 3 is 3.05 bits per heavy atom. The molecule has 0 aliphatic carbocycles. The van der Waals surface area contributed by atoms with Crippen LogP contribution >= 0.6 is 35.6 Å². The van der Waals surface area contributed by atoms with Crippen LogP contribution in [0, 0.1) is 4.64 Å². The van der Waals surface area contributed by atoms with Crippen LogP contribution in [-0.2, 0) is 11.5 Å². The van der Waals surface area contributed by atoms with Gasteiger partial charge in [-0.1, -0.05) is 23.8 Å². The molecule has 0 unspecified atom stereocenters. The summed E-state index contributed by atoms with van der Waals surface area (Å²) >= 11 is 13.2. The van der Waals surface area contributed by atoms with Gasteiger partial charge in [0.25, 0.3) is 0 Å². The van der Waals surface area contributed by atoms with Gasteiger partial charge >= 0.3 is 0 Å². The topological polar surface area (TPSA) is 37.9 Å². The second-order valence-corrected chi connectivity index (χ2v) is 5.99. The fourth-order valence-electron chi connectivity index (χ4n) is 2.06. The van der Waals surface area contributed by atoms with Crippen molar-refractivity contribution in [3.63, 3.8) is 0 Å². The normalized spacial score (nSPS) is 13.4. The van der Waals surface area contributed by atoms with E-state index in [1.165, 1.54) is 0 Å². The van der Waals surface area contributed by atoms with Gasteiger partial charge in [-0.05, 0) is 18.2 Å². The highest BCUT2D eigenvalue weighted by Crippen LogP contribution is 2.34. The van der Waals surface area contributed by atoms with Crippen molar-refractivity contribution in [3.8, 4) is 17.1 Å². The summed E-state index contributed by atoms with van der Waals surface area (Å²) in [5.74, 6) is 3.32. The number of hydrogen-bond acceptors (Lipinski definition) is 4. The van der Waals surface area contributed by atoms with E-state index in [1.807, 2.05) is 23.9 Å². The van der Waals surface area contributed by atoms with Crippen molar-refractivity contribution in [3.05, 3.63) is 39.1 Å². The summed E-state index contributed by atoms with van der Waals surface area (Å²) in [7, 11) is 1.62. The minimum Gasteiger partial charge on any atom is -0.496 e. The molecule has 3 nitrogen and oxygen atoms in total. The molecule has 0 spiro atoms. The number of nitrogens with one attached hydrogen (secondary N) is 1. The van der Waals surface area contributed by atoms with E-state index in [0.29, 0.717) is 15.4 Å². The third-order valence-electron chi connectivity index (χ3n) is 3.02. The van der Waals surface area contributed by atoms with E-state index >= 15 is 0 Å². The Morgan fingerprint density at radius 1 is 1.42 bits per heavy atom. The second kappa shape index (κ2) is 5.15. The molecule has 0 atom stereocenters. The molecule has 0 saturated carbocycles. The van der Waals surface area contributed by atoms with Crippen LogP contribution in [0.4, 0.5) is 0 Å². The van der Waals surface area contributed by atoms with Crippen molar-refractivity contribution in [2.75, 3.05) is 7.11 Å². The number of ether oxygens (including phenoxy) is 1. The standard InChI is InChI=1S/C13H11ClN2OS2/c1-17-11-4-7(14)2-3-8(11)12-15-10-6-19-5-9(10)13(18)16-12/h2-4H,5-6H2,1H3,(H,15,16,18). The summed E-state index contributed by atoms with van der Waals surface area (Å²) in [5, 5.41) is 0.635. The highest BCUT2D eigenvalue weighted by molar-refractivity contribution is 7.98. The van der Waals surface area contributed by atoms with E-state index < -0.39 is 0 Å². The first kappa shape index (κ1) is 13.0. The zero-order valence-electron chi connectivity index (χ0n) is 10.2. The van der Waals surface area contributed by atoms with Gasteiger partial charge in [0.1, 0.15) is 16.2 Å². The molecule has 1 aromatic heterocycles. The van der Waals surface area contributed by atoms with E-state index in [1.54, 1.807) is 13.2 Å². The maximum Gasteiger partial charge on any atom is 0.142 e. The molecule has 1 aliphatic rings. The number of thioether (sulfide) groups is 1. The first-order valence-electron chi connectivity index (χ1n) is 5.73. The van der Waals surface area contributed by atoms with Crippen molar-refractivity contribution in [2.24, 2.45) is 0 Å². The number of aromatic nitrogens is 2. The summed E-state index contributed by atoms with van der Waals surface area (Å²) in [4.78, 5) is 7.83. The van der Waals surface area contributed by atoms with E-state index in [9.17, 15) is 0 Å². The van der Waals surface area contributed by atoms with E-state index in [-0.39, 0.29) is 0 Å². The Labute approximate surface area is 125 Å². The highest BCUT2D eigenvalue weighted by atomic mass is 35.5. The average Bonchev–Trinajstić information content (AvgIpc) is 2.87. The van der Waals surface area contributed by atoms with Crippen molar-refractivity contribution >= 4 is 35.6 Å².